The Kier molecular flexibility index (Phi) is 2.14. The molecule has 1 aromatic carbocycles. The summed E-state index contributed by atoms with van der Waals surface area (Å²) in [5.41, 5.74) is 1.92. The number of benzene rings is 1. The molecule has 1 nitrogen and oxygen atoms in total. The zero-order chi connectivity index (χ0) is 9.42. The van der Waals surface area contributed by atoms with Gasteiger partial charge in [-0.05, 0) is 30.7 Å². The Morgan fingerprint density at radius 1 is 1.15 bits per heavy atom. The van der Waals surface area contributed by atoms with Gasteiger partial charge in [-0.2, -0.15) is 0 Å². The third-order valence-corrected chi connectivity index (χ3v) is 2.34. The second kappa shape index (κ2) is 3.17. The fraction of sp³-hybridized carbons (Fsp3) is 0.100. The molecule has 0 fully saturated rings. The molecule has 0 saturated heterocycles. The molecule has 1 aromatic heterocycles. The van der Waals surface area contributed by atoms with Crippen molar-refractivity contribution >= 4 is 34.1 Å². The SMILES string of the molecule is Cc1cc(Cl)c2ncc(Cl)cc2c1. The van der Waals surface area contributed by atoms with Gasteiger partial charge in [-0.3, -0.25) is 4.98 Å². The number of hydrogen-bond acceptors (Lipinski definition) is 1. The van der Waals surface area contributed by atoms with E-state index in [9.17, 15) is 0 Å². The van der Waals surface area contributed by atoms with Crippen molar-refractivity contribution in [2.45, 2.75) is 6.92 Å². The van der Waals surface area contributed by atoms with Crippen LogP contribution in [0.1, 0.15) is 5.56 Å². The third-order valence-electron chi connectivity index (χ3n) is 1.85. The van der Waals surface area contributed by atoms with Crippen molar-refractivity contribution in [2.24, 2.45) is 0 Å². The average Bonchev–Trinajstić information content (AvgIpc) is 2.02. The zero-order valence-corrected chi connectivity index (χ0v) is 8.52. The van der Waals surface area contributed by atoms with Gasteiger partial charge >= 0.3 is 0 Å². The summed E-state index contributed by atoms with van der Waals surface area (Å²) >= 11 is 11.8. The number of rotatable bonds is 0. The molecule has 0 amide bonds. The predicted octanol–water partition coefficient (Wildman–Crippen LogP) is 3.85. The van der Waals surface area contributed by atoms with Crippen LogP contribution in [0.4, 0.5) is 0 Å². The highest BCUT2D eigenvalue weighted by Crippen LogP contribution is 2.25. The molecular weight excluding hydrogens is 205 g/mol. The van der Waals surface area contributed by atoms with Crippen LogP contribution in [0.3, 0.4) is 0 Å². The van der Waals surface area contributed by atoms with Gasteiger partial charge in [0.15, 0.2) is 0 Å². The fourth-order valence-corrected chi connectivity index (χ4v) is 1.82. The van der Waals surface area contributed by atoms with Crippen molar-refractivity contribution < 1.29 is 0 Å². The van der Waals surface area contributed by atoms with Gasteiger partial charge in [0.05, 0.1) is 15.6 Å². The van der Waals surface area contributed by atoms with Gasteiger partial charge < -0.3 is 0 Å². The lowest BCUT2D eigenvalue weighted by molar-refractivity contribution is 1.39. The van der Waals surface area contributed by atoms with Gasteiger partial charge in [-0.15, -0.1) is 0 Å². The molecule has 1 heterocycles. The van der Waals surface area contributed by atoms with Crippen molar-refractivity contribution in [1.29, 1.82) is 0 Å². The van der Waals surface area contributed by atoms with Gasteiger partial charge in [0.1, 0.15) is 0 Å². The number of halogens is 2. The molecule has 3 heteroatoms. The van der Waals surface area contributed by atoms with E-state index in [1.165, 1.54) is 0 Å². The summed E-state index contributed by atoms with van der Waals surface area (Å²) in [5.74, 6) is 0. The van der Waals surface area contributed by atoms with Crippen LogP contribution >= 0.6 is 23.2 Å². The minimum atomic E-state index is 0.633. The van der Waals surface area contributed by atoms with Gasteiger partial charge in [-0.1, -0.05) is 23.2 Å². The number of fused-ring (bicyclic) bond motifs is 1. The van der Waals surface area contributed by atoms with Crippen LogP contribution in [0.5, 0.6) is 0 Å². The Bertz CT molecular complexity index is 460. The lowest BCUT2D eigenvalue weighted by atomic mass is 10.1. The van der Waals surface area contributed by atoms with E-state index in [1.54, 1.807) is 6.20 Å². The van der Waals surface area contributed by atoms with Gasteiger partial charge in [-0.25, -0.2) is 0 Å². The molecule has 0 spiro atoms. The highest BCUT2D eigenvalue weighted by molar-refractivity contribution is 6.35. The van der Waals surface area contributed by atoms with Crippen LogP contribution in [0, 0.1) is 6.92 Å². The van der Waals surface area contributed by atoms with Crippen molar-refractivity contribution in [3.8, 4) is 0 Å². The molecule has 0 saturated carbocycles. The first-order valence-electron chi connectivity index (χ1n) is 3.88. The number of pyridine rings is 1. The molecule has 0 aliphatic rings. The minimum Gasteiger partial charge on any atom is -0.253 e. The van der Waals surface area contributed by atoms with E-state index in [1.807, 2.05) is 25.1 Å². The summed E-state index contributed by atoms with van der Waals surface area (Å²) in [6, 6.07) is 5.77. The molecule has 0 N–H and O–H groups in total. The van der Waals surface area contributed by atoms with Crippen molar-refractivity contribution in [2.75, 3.05) is 0 Å². The van der Waals surface area contributed by atoms with Crippen molar-refractivity contribution in [3.63, 3.8) is 0 Å². The van der Waals surface area contributed by atoms with Crippen LogP contribution < -0.4 is 0 Å². The van der Waals surface area contributed by atoms with Crippen LogP contribution in [0.25, 0.3) is 10.9 Å². The Morgan fingerprint density at radius 2 is 1.92 bits per heavy atom. The molecule has 66 valence electrons. The molecule has 0 atom stereocenters. The number of hydrogen-bond donors (Lipinski definition) is 0. The van der Waals surface area contributed by atoms with E-state index >= 15 is 0 Å². The van der Waals surface area contributed by atoms with Gasteiger partial charge in [0, 0.05) is 11.6 Å². The summed E-state index contributed by atoms with van der Waals surface area (Å²) in [6.45, 7) is 1.99. The summed E-state index contributed by atoms with van der Waals surface area (Å²) in [6.07, 6.45) is 1.60. The topological polar surface area (TPSA) is 12.9 Å². The van der Waals surface area contributed by atoms with Gasteiger partial charge in [0.2, 0.25) is 0 Å². The highest BCUT2D eigenvalue weighted by Gasteiger charge is 2.01. The highest BCUT2D eigenvalue weighted by atomic mass is 35.5. The minimum absolute atomic E-state index is 0.633. The molecule has 0 bridgehead atoms. The quantitative estimate of drug-likeness (QED) is 0.646. The Morgan fingerprint density at radius 3 is 2.69 bits per heavy atom. The third kappa shape index (κ3) is 1.62. The largest absolute Gasteiger partial charge is 0.253 e. The summed E-state index contributed by atoms with van der Waals surface area (Å²) < 4.78 is 0. The lowest BCUT2D eigenvalue weighted by Crippen LogP contribution is -1.82. The number of nitrogens with zero attached hydrogens (tertiary/aromatic N) is 1. The predicted molar refractivity (Wildman–Crippen MR) is 56.5 cm³/mol. The monoisotopic (exact) mass is 211 g/mol. The second-order valence-corrected chi connectivity index (χ2v) is 3.82. The molecule has 2 rings (SSSR count). The van der Waals surface area contributed by atoms with E-state index in [2.05, 4.69) is 4.98 Å². The second-order valence-electron chi connectivity index (χ2n) is 2.97. The number of aromatic nitrogens is 1. The summed E-state index contributed by atoms with van der Waals surface area (Å²) in [4.78, 5) is 4.16. The lowest BCUT2D eigenvalue weighted by Gasteiger charge is -2.01. The Labute approximate surface area is 86.3 Å². The van der Waals surface area contributed by atoms with E-state index in [0.717, 1.165) is 16.5 Å². The van der Waals surface area contributed by atoms with Gasteiger partial charge in [0.25, 0.3) is 0 Å². The maximum absolute atomic E-state index is 6.01. The van der Waals surface area contributed by atoms with Crippen LogP contribution in [-0.2, 0) is 0 Å². The van der Waals surface area contributed by atoms with Crippen LogP contribution in [-0.4, -0.2) is 4.98 Å². The average molecular weight is 212 g/mol. The number of aryl methyl sites for hydroxylation is 1. The van der Waals surface area contributed by atoms with Crippen LogP contribution in [0.15, 0.2) is 24.4 Å². The molecule has 13 heavy (non-hydrogen) atoms. The molecule has 0 aliphatic heterocycles. The normalized spacial score (nSPS) is 10.7. The molecular formula is C10H7Cl2N. The molecule has 0 radical (unpaired) electrons. The fourth-order valence-electron chi connectivity index (χ4n) is 1.32. The van der Waals surface area contributed by atoms with Crippen LogP contribution in [0.2, 0.25) is 10.0 Å². The zero-order valence-electron chi connectivity index (χ0n) is 7.01. The molecule has 2 aromatic rings. The Hall–Kier alpha value is -0.790. The maximum atomic E-state index is 6.01. The Balaban J connectivity index is 2.86. The first kappa shape index (κ1) is 8.79. The van der Waals surface area contributed by atoms with E-state index in [4.69, 9.17) is 23.2 Å². The smallest absolute Gasteiger partial charge is 0.0889 e. The molecule has 0 unspecified atom stereocenters. The first-order valence-corrected chi connectivity index (χ1v) is 4.64. The van der Waals surface area contributed by atoms with Crippen molar-refractivity contribution in [3.05, 3.63) is 40.0 Å². The summed E-state index contributed by atoms with van der Waals surface area (Å²) in [5, 5.41) is 2.29. The standard InChI is InChI=1S/C10H7Cl2N/c1-6-2-7-4-8(11)5-13-10(7)9(12)3-6/h2-5H,1H3. The maximum Gasteiger partial charge on any atom is 0.0889 e. The molecule has 0 aliphatic carbocycles. The van der Waals surface area contributed by atoms with E-state index in [0.29, 0.717) is 10.0 Å². The van der Waals surface area contributed by atoms with Crippen molar-refractivity contribution in [1.82, 2.24) is 4.98 Å². The van der Waals surface area contributed by atoms with E-state index in [-0.39, 0.29) is 0 Å². The summed E-state index contributed by atoms with van der Waals surface area (Å²) in [7, 11) is 0. The first-order chi connectivity index (χ1) is 6.16. The van der Waals surface area contributed by atoms with E-state index < -0.39 is 0 Å².